The zero-order valence-corrected chi connectivity index (χ0v) is 13.6. The van der Waals surface area contributed by atoms with Crippen molar-refractivity contribution < 1.29 is 24.3 Å². The molecule has 0 aromatic carbocycles. The van der Waals surface area contributed by atoms with Gasteiger partial charge in [-0.3, -0.25) is 5.32 Å². The first-order valence-electron chi connectivity index (χ1n) is 6.99. The third-order valence-corrected chi connectivity index (χ3v) is 3.45. The van der Waals surface area contributed by atoms with Gasteiger partial charge in [0.1, 0.15) is 13.2 Å². The Kier molecular flexibility index (Phi) is 8.03. The molecule has 1 heterocycles. The van der Waals surface area contributed by atoms with E-state index in [1.165, 1.54) is 17.1 Å². The van der Waals surface area contributed by atoms with Gasteiger partial charge in [-0.1, -0.05) is 30.5 Å². The highest BCUT2D eigenvalue weighted by Gasteiger charge is 2.35. The van der Waals surface area contributed by atoms with Gasteiger partial charge in [0.2, 0.25) is 0 Å². The molecule has 1 aliphatic heterocycles. The molecule has 8 nitrogen and oxygen atoms in total. The second-order valence-corrected chi connectivity index (χ2v) is 5.55. The SMILES string of the molecule is C=CCOC(=O)N/C(C[C@@H]1C[C@H](S)CN1C(=O)OCC=C)=N\O. The number of nitrogens with one attached hydrogen (secondary N) is 1. The number of thiol groups is 1. The number of likely N-dealkylation sites (tertiary alicyclic amines) is 1. The van der Waals surface area contributed by atoms with Crippen molar-refractivity contribution in [2.45, 2.75) is 24.1 Å². The number of carbonyl (C=O) groups is 2. The van der Waals surface area contributed by atoms with Crippen LogP contribution in [0.25, 0.3) is 0 Å². The van der Waals surface area contributed by atoms with Crippen molar-refractivity contribution in [1.29, 1.82) is 0 Å². The largest absolute Gasteiger partial charge is 0.445 e. The van der Waals surface area contributed by atoms with Crippen molar-refractivity contribution in [2.24, 2.45) is 5.16 Å². The first kappa shape index (κ1) is 18.9. The van der Waals surface area contributed by atoms with Crippen LogP contribution in [0.4, 0.5) is 9.59 Å². The Morgan fingerprint density at radius 2 is 2.00 bits per heavy atom. The Morgan fingerprint density at radius 1 is 1.35 bits per heavy atom. The van der Waals surface area contributed by atoms with Crippen LogP contribution in [0.1, 0.15) is 12.8 Å². The van der Waals surface area contributed by atoms with E-state index in [1.54, 1.807) is 0 Å². The summed E-state index contributed by atoms with van der Waals surface area (Å²) in [7, 11) is 0. The molecule has 128 valence electrons. The third-order valence-electron chi connectivity index (χ3n) is 3.08. The number of hydrogen-bond donors (Lipinski definition) is 3. The molecule has 0 spiro atoms. The molecule has 0 bridgehead atoms. The molecular formula is C14H21N3O5S. The first-order valence-corrected chi connectivity index (χ1v) is 7.51. The lowest BCUT2D eigenvalue weighted by Gasteiger charge is -2.23. The van der Waals surface area contributed by atoms with Gasteiger partial charge in [-0.25, -0.2) is 9.59 Å². The van der Waals surface area contributed by atoms with E-state index in [2.05, 4.69) is 36.3 Å². The van der Waals surface area contributed by atoms with Crippen LogP contribution in [0, 0.1) is 0 Å². The lowest BCUT2D eigenvalue weighted by Crippen LogP contribution is -2.41. The second-order valence-electron chi connectivity index (χ2n) is 4.82. The number of carbonyl (C=O) groups excluding carboxylic acids is 2. The number of oxime groups is 1. The highest BCUT2D eigenvalue weighted by atomic mass is 32.1. The van der Waals surface area contributed by atoms with Crippen molar-refractivity contribution in [1.82, 2.24) is 10.2 Å². The highest BCUT2D eigenvalue weighted by Crippen LogP contribution is 2.25. The molecule has 1 rings (SSSR count). The quantitative estimate of drug-likeness (QED) is 0.170. The molecule has 2 amide bonds. The van der Waals surface area contributed by atoms with Crippen LogP contribution in [0.5, 0.6) is 0 Å². The normalized spacial score (nSPS) is 20.7. The lowest BCUT2D eigenvalue weighted by molar-refractivity contribution is 0.109. The van der Waals surface area contributed by atoms with Crippen LogP contribution in [-0.4, -0.2) is 59.2 Å². The Balaban J connectivity index is 2.63. The molecule has 1 saturated heterocycles. The minimum atomic E-state index is -0.765. The van der Waals surface area contributed by atoms with Crippen molar-refractivity contribution in [2.75, 3.05) is 19.8 Å². The minimum absolute atomic E-state index is 0.00647. The zero-order valence-electron chi connectivity index (χ0n) is 12.7. The Morgan fingerprint density at radius 3 is 2.61 bits per heavy atom. The van der Waals surface area contributed by atoms with Gasteiger partial charge >= 0.3 is 12.2 Å². The number of amidine groups is 1. The average Bonchev–Trinajstić information content (AvgIpc) is 2.90. The fraction of sp³-hybridized carbons (Fsp3) is 0.500. The lowest BCUT2D eigenvalue weighted by atomic mass is 10.1. The third kappa shape index (κ3) is 6.23. The van der Waals surface area contributed by atoms with E-state index >= 15 is 0 Å². The van der Waals surface area contributed by atoms with E-state index in [4.69, 9.17) is 14.7 Å². The van der Waals surface area contributed by atoms with Gasteiger partial charge in [-0.05, 0) is 6.42 Å². The molecule has 23 heavy (non-hydrogen) atoms. The molecule has 1 aliphatic rings. The van der Waals surface area contributed by atoms with E-state index in [9.17, 15) is 9.59 Å². The number of amides is 2. The average molecular weight is 343 g/mol. The molecule has 2 atom stereocenters. The summed E-state index contributed by atoms with van der Waals surface area (Å²) in [5, 5.41) is 14.4. The summed E-state index contributed by atoms with van der Waals surface area (Å²) in [4.78, 5) is 24.9. The maximum absolute atomic E-state index is 12.0. The number of nitrogens with zero attached hydrogens (tertiary/aromatic N) is 2. The smallest absolute Gasteiger partial charge is 0.412 e. The standard InChI is InChI=1S/C14H21N3O5S/c1-3-5-21-13(18)15-12(16-20)8-10-7-11(23)9-17(10)14(19)22-6-4-2/h3-4,10-11,20,23H,1-2,5-9H2,(H,15,16,18)/t10-,11-/m0/s1. The van der Waals surface area contributed by atoms with E-state index in [-0.39, 0.29) is 36.8 Å². The van der Waals surface area contributed by atoms with E-state index < -0.39 is 12.2 Å². The summed E-state index contributed by atoms with van der Waals surface area (Å²) in [5.41, 5.74) is 0. The van der Waals surface area contributed by atoms with Gasteiger partial charge in [-0.2, -0.15) is 12.6 Å². The van der Waals surface area contributed by atoms with Crippen LogP contribution in [-0.2, 0) is 9.47 Å². The monoisotopic (exact) mass is 343 g/mol. The predicted molar refractivity (Wildman–Crippen MR) is 87.9 cm³/mol. The molecule has 0 aromatic rings. The molecule has 0 aromatic heterocycles. The fourth-order valence-corrected chi connectivity index (χ4v) is 2.57. The summed E-state index contributed by atoms with van der Waals surface area (Å²) in [5.74, 6) is -0.00647. The van der Waals surface area contributed by atoms with Crippen LogP contribution < -0.4 is 5.32 Å². The van der Waals surface area contributed by atoms with Crippen LogP contribution in [0.15, 0.2) is 30.5 Å². The van der Waals surface area contributed by atoms with Gasteiger partial charge < -0.3 is 19.6 Å². The van der Waals surface area contributed by atoms with Crippen LogP contribution >= 0.6 is 12.6 Å². The van der Waals surface area contributed by atoms with Crippen molar-refractivity contribution >= 4 is 30.7 Å². The minimum Gasteiger partial charge on any atom is -0.445 e. The summed E-state index contributed by atoms with van der Waals surface area (Å²) in [6, 6.07) is -0.305. The van der Waals surface area contributed by atoms with Crippen molar-refractivity contribution in [3.05, 3.63) is 25.3 Å². The molecule has 2 N–H and O–H groups in total. The molecule has 0 unspecified atom stereocenters. The van der Waals surface area contributed by atoms with Crippen LogP contribution in [0.3, 0.4) is 0 Å². The molecule has 0 saturated carbocycles. The van der Waals surface area contributed by atoms with Gasteiger partial charge in [-0.15, -0.1) is 0 Å². The van der Waals surface area contributed by atoms with Gasteiger partial charge in [0, 0.05) is 24.3 Å². The highest BCUT2D eigenvalue weighted by molar-refractivity contribution is 7.81. The number of rotatable bonds is 6. The summed E-state index contributed by atoms with van der Waals surface area (Å²) in [6.07, 6.45) is 2.33. The molecule has 1 fully saturated rings. The van der Waals surface area contributed by atoms with Gasteiger partial charge in [0.15, 0.2) is 5.84 Å². The van der Waals surface area contributed by atoms with Gasteiger partial charge in [0.05, 0.1) is 0 Å². The molecule has 0 aliphatic carbocycles. The Labute approximate surface area is 140 Å². The van der Waals surface area contributed by atoms with E-state index in [1.807, 2.05) is 0 Å². The Bertz CT molecular complexity index is 483. The summed E-state index contributed by atoms with van der Waals surface area (Å²) < 4.78 is 9.76. The summed E-state index contributed by atoms with van der Waals surface area (Å²) >= 11 is 4.37. The first-order chi connectivity index (χ1) is 11.0. The van der Waals surface area contributed by atoms with E-state index in [0.717, 1.165) is 0 Å². The fourth-order valence-electron chi connectivity index (χ4n) is 2.15. The zero-order chi connectivity index (χ0) is 17.2. The topological polar surface area (TPSA) is 100 Å². The molecular weight excluding hydrogens is 322 g/mol. The van der Waals surface area contributed by atoms with E-state index in [0.29, 0.717) is 13.0 Å². The predicted octanol–water partition coefficient (Wildman–Crippen LogP) is 1.77. The number of ether oxygens (including phenoxy) is 2. The maximum atomic E-state index is 12.0. The maximum Gasteiger partial charge on any atom is 0.412 e. The van der Waals surface area contributed by atoms with Crippen molar-refractivity contribution in [3.63, 3.8) is 0 Å². The second kappa shape index (κ2) is 9.78. The summed E-state index contributed by atoms with van der Waals surface area (Å²) in [6.45, 7) is 7.44. The number of alkyl carbamates (subject to hydrolysis) is 1. The number of hydrogen-bond acceptors (Lipinski definition) is 7. The van der Waals surface area contributed by atoms with Crippen LogP contribution in [0.2, 0.25) is 0 Å². The van der Waals surface area contributed by atoms with Gasteiger partial charge in [0.25, 0.3) is 0 Å². The molecule has 9 heteroatoms. The van der Waals surface area contributed by atoms with Crippen molar-refractivity contribution in [3.8, 4) is 0 Å². The molecule has 0 radical (unpaired) electrons. The Hall–Kier alpha value is -2.16.